The molecule has 0 fully saturated rings. The van der Waals surface area contributed by atoms with Crippen LogP contribution in [0.25, 0.3) is 0 Å². The van der Waals surface area contributed by atoms with E-state index in [-0.39, 0.29) is 20.9 Å². The molecule has 0 aliphatic rings. The van der Waals surface area contributed by atoms with Crippen molar-refractivity contribution in [2.24, 2.45) is 5.92 Å². The van der Waals surface area contributed by atoms with E-state index in [2.05, 4.69) is 5.32 Å². The average Bonchev–Trinajstić information content (AvgIpc) is 2.57. The second kappa shape index (κ2) is 10.2. The van der Waals surface area contributed by atoms with Gasteiger partial charge < -0.3 is 15.2 Å². The van der Waals surface area contributed by atoms with Crippen molar-refractivity contribution in [1.29, 1.82) is 0 Å². The highest BCUT2D eigenvalue weighted by Gasteiger charge is 2.31. The first-order valence-electron chi connectivity index (χ1n) is 8.02. The van der Waals surface area contributed by atoms with E-state index in [1.807, 2.05) is 18.6 Å². The average molecular weight is 441 g/mol. The van der Waals surface area contributed by atoms with Crippen LogP contribution in [0.1, 0.15) is 20.8 Å². The zero-order valence-corrected chi connectivity index (χ0v) is 17.4. The SMILES string of the molecule is CC(C)CNC(=O)COC(=O)C(NS(=O)(=O)c1ccc(Cl)c(Cl)c1)C(C)O. The number of halogens is 2. The summed E-state index contributed by atoms with van der Waals surface area (Å²) in [7, 11) is -4.20. The van der Waals surface area contributed by atoms with Gasteiger partial charge in [0.05, 0.1) is 21.0 Å². The Morgan fingerprint density at radius 2 is 1.81 bits per heavy atom. The number of amides is 1. The van der Waals surface area contributed by atoms with E-state index in [0.717, 1.165) is 6.07 Å². The summed E-state index contributed by atoms with van der Waals surface area (Å²) in [6.45, 7) is 4.81. The van der Waals surface area contributed by atoms with E-state index < -0.39 is 40.7 Å². The van der Waals surface area contributed by atoms with Gasteiger partial charge in [-0.25, -0.2) is 8.42 Å². The minimum Gasteiger partial charge on any atom is -0.454 e. The first kappa shape index (κ1) is 23.6. The molecule has 0 saturated heterocycles. The highest BCUT2D eigenvalue weighted by atomic mass is 35.5. The Labute approximate surface area is 168 Å². The molecular formula is C16H22Cl2N2O6S. The minimum absolute atomic E-state index is 0.0116. The summed E-state index contributed by atoms with van der Waals surface area (Å²) < 4.78 is 31.7. The van der Waals surface area contributed by atoms with Crippen LogP contribution < -0.4 is 10.0 Å². The predicted molar refractivity (Wildman–Crippen MR) is 101 cm³/mol. The third kappa shape index (κ3) is 7.63. The summed E-state index contributed by atoms with van der Waals surface area (Å²) in [6, 6.07) is 1.98. The Balaban J connectivity index is 2.81. The number of esters is 1. The first-order valence-corrected chi connectivity index (χ1v) is 10.3. The van der Waals surface area contributed by atoms with Gasteiger partial charge in [-0.3, -0.25) is 9.59 Å². The van der Waals surface area contributed by atoms with Gasteiger partial charge in [0.1, 0.15) is 6.04 Å². The normalized spacial score (nSPS) is 13.9. The van der Waals surface area contributed by atoms with Gasteiger partial charge in [-0.15, -0.1) is 0 Å². The Bertz CT molecular complexity index is 783. The van der Waals surface area contributed by atoms with Crippen molar-refractivity contribution in [1.82, 2.24) is 10.0 Å². The van der Waals surface area contributed by atoms with Crippen LogP contribution in [0.4, 0.5) is 0 Å². The number of aliphatic hydroxyl groups excluding tert-OH is 1. The fourth-order valence-electron chi connectivity index (χ4n) is 1.82. The smallest absolute Gasteiger partial charge is 0.327 e. The molecule has 1 aromatic carbocycles. The van der Waals surface area contributed by atoms with Gasteiger partial charge in [0.15, 0.2) is 6.61 Å². The fourth-order valence-corrected chi connectivity index (χ4v) is 3.46. The van der Waals surface area contributed by atoms with E-state index in [0.29, 0.717) is 6.54 Å². The third-order valence-electron chi connectivity index (χ3n) is 3.27. The lowest BCUT2D eigenvalue weighted by Gasteiger charge is -2.20. The number of nitrogens with one attached hydrogen (secondary N) is 2. The van der Waals surface area contributed by atoms with Crippen molar-refractivity contribution in [3.8, 4) is 0 Å². The molecule has 0 radical (unpaired) electrons. The molecule has 1 rings (SSSR count). The van der Waals surface area contributed by atoms with Gasteiger partial charge >= 0.3 is 5.97 Å². The summed E-state index contributed by atoms with van der Waals surface area (Å²) in [5.74, 6) is -1.41. The van der Waals surface area contributed by atoms with Crippen molar-refractivity contribution in [3.63, 3.8) is 0 Å². The Morgan fingerprint density at radius 1 is 1.19 bits per heavy atom. The standard InChI is InChI=1S/C16H22Cl2N2O6S/c1-9(2)7-19-14(22)8-26-16(23)15(10(3)21)20-27(24,25)11-4-5-12(17)13(18)6-11/h4-6,9-10,15,20-21H,7-8H2,1-3H3,(H,19,22). The van der Waals surface area contributed by atoms with Crippen LogP contribution in [0, 0.1) is 5.92 Å². The van der Waals surface area contributed by atoms with Crippen LogP contribution in [0.15, 0.2) is 23.1 Å². The van der Waals surface area contributed by atoms with Crippen LogP contribution in [0.5, 0.6) is 0 Å². The topological polar surface area (TPSA) is 122 Å². The number of ether oxygens (including phenoxy) is 1. The van der Waals surface area contributed by atoms with Gasteiger partial charge in [-0.05, 0) is 31.0 Å². The second-order valence-corrected chi connectivity index (χ2v) is 8.75. The highest BCUT2D eigenvalue weighted by molar-refractivity contribution is 7.89. The lowest BCUT2D eigenvalue weighted by atomic mass is 10.2. The number of aliphatic hydroxyl groups is 1. The van der Waals surface area contributed by atoms with Crippen LogP contribution in [-0.2, 0) is 24.3 Å². The first-order chi connectivity index (χ1) is 12.4. The number of carbonyl (C=O) groups is 2. The quantitative estimate of drug-likeness (QED) is 0.498. The molecule has 0 aliphatic carbocycles. The molecule has 3 N–H and O–H groups in total. The van der Waals surface area contributed by atoms with E-state index in [1.165, 1.54) is 19.1 Å². The summed E-state index contributed by atoms with van der Waals surface area (Å²) in [6.07, 6.45) is -1.41. The van der Waals surface area contributed by atoms with Gasteiger partial charge in [-0.1, -0.05) is 37.0 Å². The molecule has 0 heterocycles. The summed E-state index contributed by atoms with van der Waals surface area (Å²) in [4.78, 5) is 23.5. The number of sulfonamides is 1. The molecular weight excluding hydrogens is 419 g/mol. The molecule has 0 saturated carbocycles. The minimum atomic E-state index is -4.20. The Kier molecular flexibility index (Phi) is 8.97. The van der Waals surface area contributed by atoms with Crippen LogP contribution in [0.2, 0.25) is 10.0 Å². The number of rotatable bonds is 9. The van der Waals surface area contributed by atoms with Gasteiger partial charge in [0.25, 0.3) is 5.91 Å². The molecule has 1 aromatic rings. The van der Waals surface area contributed by atoms with E-state index in [4.69, 9.17) is 27.9 Å². The van der Waals surface area contributed by atoms with E-state index in [1.54, 1.807) is 0 Å². The van der Waals surface area contributed by atoms with Crippen LogP contribution in [-0.4, -0.2) is 50.7 Å². The summed E-state index contributed by atoms with van der Waals surface area (Å²) in [5.41, 5.74) is 0. The van der Waals surface area contributed by atoms with Gasteiger partial charge in [0.2, 0.25) is 10.0 Å². The lowest BCUT2D eigenvalue weighted by Crippen LogP contribution is -2.49. The zero-order chi connectivity index (χ0) is 20.8. The van der Waals surface area contributed by atoms with Gasteiger partial charge in [-0.2, -0.15) is 4.72 Å². The zero-order valence-electron chi connectivity index (χ0n) is 15.0. The Hall–Kier alpha value is -1.39. The number of hydrogen-bond acceptors (Lipinski definition) is 6. The predicted octanol–water partition coefficient (Wildman–Crippen LogP) is 1.34. The summed E-state index contributed by atoms with van der Waals surface area (Å²) in [5, 5.41) is 12.5. The maximum absolute atomic E-state index is 12.4. The highest BCUT2D eigenvalue weighted by Crippen LogP contribution is 2.25. The Morgan fingerprint density at radius 3 is 2.33 bits per heavy atom. The third-order valence-corrected chi connectivity index (χ3v) is 5.45. The molecule has 2 unspecified atom stereocenters. The van der Waals surface area contributed by atoms with E-state index in [9.17, 15) is 23.1 Å². The maximum Gasteiger partial charge on any atom is 0.327 e. The second-order valence-electron chi connectivity index (χ2n) is 6.22. The number of benzene rings is 1. The van der Waals surface area contributed by atoms with Crippen molar-refractivity contribution >= 4 is 45.1 Å². The molecule has 0 spiro atoms. The fraction of sp³-hybridized carbons (Fsp3) is 0.500. The van der Waals surface area contributed by atoms with E-state index >= 15 is 0 Å². The molecule has 2 atom stereocenters. The molecule has 0 aliphatic heterocycles. The molecule has 11 heteroatoms. The molecule has 1 amide bonds. The van der Waals surface area contributed by atoms with Crippen LogP contribution >= 0.6 is 23.2 Å². The van der Waals surface area contributed by atoms with Crippen molar-refractivity contribution in [2.75, 3.05) is 13.2 Å². The van der Waals surface area contributed by atoms with Crippen LogP contribution in [0.3, 0.4) is 0 Å². The van der Waals surface area contributed by atoms with Gasteiger partial charge in [0, 0.05) is 6.54 Å². The molecule has 8 nitrogen and oxygen atoms in total. The molecule has 152 valence electrons. The summed E-state index contributed by atoms with van der Waals surface area (Å²) >= 11 is 11.6. The van der Waals surface area contributed by atoms with Crippen molar-refractivity contribution in [3.05, 3.63) is 28.2 Å². The molecule has 0 aromatic heterocycles. The van der Waals surface area contributed by atoms with Crippen molar-refractivity contribution < 1.29 is 27.9 Å². The molecule has 0 bridgehead atoms. The largest absolute Gasteiger partial charge is 0.454 e. The molecule has 27 heavy (non-hydrogen) atoms. The maximum atomic E-state index is 12.4. The van der Waals surface area contributed by atoms with Crippen molar-refractivity contribution in [2.45, 2.75) is 37.8 Å². The lowest BCUT2D eigenvalue weighted by molar-refractivity contribution is -0.152. The number of carbonyl (C=O) groups excluding carboxylic acids is 2. The number of hydrogen-bond donors (Lipinski definition) is 3. The monoisotopic (exact) mass is 440 g/mol.